The van der Waals surface area contributed by atoms with Crippen LogP contribution in [0.25, 0.3) is 0 Å². The number of nitrogens with two attached hydrogens (primary N) is 1. The van der Waals surface area contributed by atoms with Crippen LogP contribution < -0.4 is 21.7 Å². The Morgan fingerprint density at radius 2 is 1.78 bits per heavy atom. The average Bonchev–Trinajstić information content (AvgIpc) is 2.72. The number of hydrogen-bond acceptors (Lipinski definition) is 7. The first-order valence-corrected chi connectivity index (χ1v) is 10.7. The second kappa shape index (κ2) is 10.9. The minimum Gasteiger partial charge on any atom is -0.390 e. The lowest BCUT2D eigenvalue weighted by molar-refractivity contribution is -0.161. The van der Waals surface area contributed by atoms with E-state index in [9.17, 15) is 29.7 Å². The van der Waals surface area contributed by atoms with Gasteiger partial charge in [0.05, 0.1) is 18.2 Å². The number of rotatable bonds is 9. The fraction of sp³-hybridized carbons (Fsp3) is 0.591. The molecule has 178 valence electrons. The van der Waals surface area contributed by atoms with Gasteiger partial charge in [0.15, 0.2) is 0 Å². The summed E-state index contributed by atoms with van der Waals surface area (Å²) in [6.45, 7) is 3.68. The Bertz CT molecular complexity index is 805. The quantitative estimate of drug-likeness (QED) is 0.232. The molecule has 0 unspecified atom stereocenters. The van der Waals surface area contributed by atoms with Crippen molar-refractivity contribution >= 4 is 17.7 Å². The molecular weight excluding hydrogens is 416 g/mol. The van der Waals surface area contributed by atoms with Gasteiger partial charge in [-0.1, -0.05) is 44.2 Å². The highest BCUT2D eigenvalue weighted by molar-refractivity contribution is 5.91. The lowest BCUT2D eigenvalue weighted by Gasteiger charge is -2.42. The van der Waals surface area contributed by atoms with Gasteiger partial charge < -0.3 is 37.0 Å². The van der Waals surface area contributed by atoms with E-state index in [1.165, 1.54) is 0 Å². The summed E-state index contributed by atoms with van der Waals surface area (Å²) in [5.74, 6) is -2.16. The fourth-order valence-corrected chi connectivity index (χ4v) is 4.03. The van der Waals surface area contributed by atoms with Gasteiger partial charge in [0.2, 0.25) is 11.8 Å². The zero-order valence-corrected chi connectivity index (χ0v) is 18.6. The third-order valence-corrected chi connectivity index (χ3v) is 5.85. The first-order chi connectivity index (χ1) is 15.0. The summed E-state index contributed by atoms with van der Waals surface area (Å²) in [6, 6.07) is 6.21. The SMILES string of the molecule is CN[C@H](C(=O)N[C@H]1C[C@@](O)(C(=O)N[C@H](Cc2ccccc2)C(N)=O)C[C@@H](O)[C@@H]1O)C(C)C. The minimum absolute atomic E-state index is 0.0536. The van der Waals surface area contributed by atoms with Gasteiger partial charge in [-0.15, -0.1) is 0 Å². The maximum absolute atomic E-state index is 12.9. The maximum Gasteiger partial charge on any atom is 0.252 e. The Hall–Kier alpha value is -2.53. The number of carbonyl (C=O) groups excluding carboxylic acids is 3. The second-order valence-corrected chi connectivity index (χ2v) is 8.74. The number of aliphatic hydroxyl groups is 3. The zero-order chi connectivity index (χ0) is 24.1. The van der Waals surface area contributed by atoms with Crippen molar-refractivity contribution in [2.45, 2.75) is 69.0 Å². The third kappa shape index (κ3) is 6.26. The van der Waals surface area contributed by atoms with Crippen LogP contribution in [0, 0.1) is 5.92 Å². The van der Waals surface area contributed by atoms with E-state index >= 15 is 0 Å². The van der Waals surface area contributed by atoms with E-state index in [-0.39, 0.29) is 18.8 Å². The number of carbonyl (C=O) groups is 3. The van der Waals surface area contributed by atoms with Gasteiger partial charge in [0.25, 0.3) is 5.91 Å². The number of hydrogen-bond donors (Lipinski definition) is 7. The van der Waals surface area contributed by atoms with Crippen LogP contribution in [0.5, 0.6) is 0 Å². The highest BCUT2D eigenvalue weighted by Gasteiger charge is 2.50. The van der Waals surface area contributed by atoms with E-state index < -0.39 is 60.1 Å². The van der Waals surface area contributed by atoms with Crippen LogP contribution in [0.2, 0.25) is 0 Å². The Labute approximate surface area is 187 Å². The molecule has 2 rings (SSSR count). The van der Waals surface area contributed by atoms with E-state index in [2.05, 4.69) is 16.0 Å². The molecule has 3 amide bonds. The number of likely N-dealkylation sites (N-methyl/N-ethyl adjacent to an activating group) is 1. The Morgan fingerprint density at radius 3 is 2.31 bits per heavy atom. The molecule has 1 aromatic carbocycles. The van der Waals surface area contributed by atoms with Crippen LogP contribution in [0.1, 0.15) is 32.3 Å². The summed E-state index contributed by atoms with van der Waals surface area (Å²) < 4.78 is 0. The Balaban J connectivity index is 2.14. The van der Waals surface area contributed by atoms with Gasteiger partial charge in [-0.2, -0.15) is 0 Å². The smallest absolute Gasteiger partial charge is 0.252 e. The molecule has 1 aliphatic carbocycles. The number of benzene rings is 1. The molecule has 0 radical (unpaired) electrons. The van der Waals surface area contributed by atoms with Crippen molar-refractivity contribution in [1.29, 1.82) is 0 Å². The molecule has 1 saturated carbocycles. The van der Waals surface area contributed by atoms with Crippen molar-refractivity contribution in [2.75, 3.05) is 7.05 Å². The van der Waals surface area contributed by atoms with E-state index in [0.29, 0.717) is 0 Å². The molecule has 1 fully saturated rings. The lowest BCUT2D eigenvalue weighted by Crippen LogP contribution is -2.65. The first-order valence-electron chi connectivity index (χ1n) is 10.7. The second-order valence-electron chi connectivity index (χ2n) is 8.74. The molecule has 6 atom stereocenters. The molecule has 10 nitrogen and oxygen atoms in total. The molecule has 8 N–H and O–H groups in total. The maximum atomic E-state index is 12.9. The van der Waals surface area contributed by atoms with Gasteiger partial charge in [-0.3, -0.25) is 14.4 Å². The van der Waals surface area contributed by atoms with Crippen molar-refractivity contribution in [2.24, 2.45) is 11.7 Å². The van der Waals surface area contributed by atoms with Crippen molar-refractivity contribution in [3.63, 3.8) is 0 Å². The Kier molecular flexibility index (Phi) is 8.73. The molecule has 0 aliphatic heterocycles. The average molecular weight is 451 g/mol. The van der Waals surface area contributed by atoms with Gasteiger partial charge in [-0.25, -0.2) is 0 Å². The highest BCUT2D eigenvalue weighted by Crippen LogP contribution is 2.30. The first kappa shape index (κ1) is 25.7. The van der Waals surface area contributed by atoms with Crippen molar-refractivity contribution in [3.05, 3.63) is 35.9 Å². The van der Waals surface area contributed by atoms with E-state index in [0.717, 1.165) is 5.56 Å². The molecule has 0 aromatic heterocycles. The molecule has 0 bridgehead atoms. The summed E-state index contributed by atoms with van der Waals surface area (Å²) >= 11 is 0. The fourth-order valence-electron chi connectivity index (χ4n) is 4.03. The number of aliphatic hydroxyl groups excluding tert-OH is 2. The summed E-state index contributed by atoms with van der Waals surface area (Å²) in [5.41, 5.74) is 4.08. The normalized spacial score (nSPS) is 27.4. The monoisotopic (exact) mass is 450 g/mol. The number of nitrogens with one attached hydrogen (secondary N) is 3. The number of amides is 3. The number of primary amides is 1. The topological polar surface area (TPSA) is 174 Å². The standard InChI is InChI=1S/C22H34N4O6/c1-12(2)17(24-3)20(30)25-15-10-22(32,11-16(27)18(15)28)21(31)26-14(19(23)29)9-13-7-5-4-6-8-13/h4-8,12,14-18,24,27-28,32H,9-11H2,1-3H3,(H2,23,29)(H,25,30)(H,26,31)/t14-,15+,16-,17+,18-,22+/m1/s1. The summed E-state index contributed by atoms with van der Waals surface area (Å²) in [5, 5.41) is 39.6. The van der Waals surface area contributed by atoms with E-state index in [1.54, 1.807) is 31.3 Å². The van der Waals surface area contributed by atoms with Gasteiger partial charge in [0, 0.05) is 19.3 Å². The minimum atomic E-state index is -2.12. The lowest BCUT2D eigenvalue weighted by atomic mass is 9.77. The summed E-state index contributed by atoms with van der Waals surface area (Å²) in [7, 11) is 1.62. The van der Waals surface area contributed by atoms with Crippen molar-refractivity contribution in [1.82, 2.24) is 16.0 Å². The van der Waals surface area contributed by atoms with Gasteiger partial charge in [0.1, 0.15) is 17.7 Å². The molecule has 0 saturated heterocycles. The molecular formula is C22H34N4O6. The highest BCUT2D eigenvalue weighted by atomic mass is 16.3. The summed E-state index contributed by atoms with van der Waals surface area (Å²) in [4.78, 5) is 37.4. The predicted octanol–water partition coefficient (Wildman–Crippen LogP) is -1.83. The van der Waals surface area contributed by atoms with E-state index in [1.807, 2.05) is 19.9 Å². The molecule has 32 heavy (non-hydrogen) atoms. The molecule has 1 aliphatic rings. The van der Waals surface area contributed by atoms with Crippen LogP contribution in [-0.4, -0.2) is 76.0 Å². The van der Waals surface area contributed by atoms with Crippen LogP contribution in [0.15, 0.2) is 30.3 Å². The zero-order valence-electron chi connectivity index (χ0n) is 18.6. The molecule has 0 spiro atoms. The molecule has 10 heteroatoms. The van der Waals surface area contributed by atoms with Crippen molar-refractivity contribution < 1.29 is 29.7 Å². The Morgan fingerprint density at radius 1 is 1.16 bits per heavy atom. The van der Waals surface area contributed by atoms with Crippen LogP contribution in [0.3, 0.4) is 0 Å². The predicted molar refractivity (Wildman–Crippen MR) is 117 cm³/mol. The van der Waals surface area contributed by atoms with Crippen LogP contribution in [-0.2, 0) is 20.8 Å². The van der Waals surface area contributed by atoms with Crippen molar-refractivity contribution in [3.8, 4) is 0 Å². The van der Waals surface area contributed by atoms with Gasteiger partial charge >= 0.3 is 0 Å². The molecule has 0 heterocycles. The van der Waals surface area contributed by atoms with Crippen LogP contribution in [0.4, 0.5) is 0 Å². The van der Waals surface area contributed by atoms with Gasteiger partial charge in [-0.05, 0) is 18.5 Å². The summed E-state index contributed by atoms with van der Waals surface area (Å²) in [6.07, 6.45) is -3.50. The van der Waals surface area contributed by atoms with Crippen LogP contribution >= 0.6 is 0 Å². The third-order valence-electron chi connectivity index (χ3n) is 5.85. The largest absolute Gasteiger partial charge is 0.390 e. The van der Waals surface area contributed by atoms with E-state index in [4.69, 9.17) is 5.73 Å². The molecule has 1 aromatic rings.